The largest absolute Gasteiger partial charge is 0.450 e. The maximum Gasteiger partial charge on any atom is 0.409 e. The fourth-order valence-corrected chi connectivity index (χ4v) is 5.26. The van der Waals surface area contributed by atoms with E-state index in [-0.39, 0.29) is 23.9 Å². The van der Waals surface area contributed by atoms with E-state index in [1.807, 2.05) is 52.3 Å². The zero-order valence-corrected chi connectivity index (χ0v) is 18.2. The number of rotatable bonds is 2. The van der Waals surface area contributed by atoms with Gasteiger partial charge in [0.05, 0.1) is 18.6 Å². The molecule has 0 unspecified atom stereocenters. The van der Waals surface area contributed by atoms with Crippen molar-refractivity contribution in [3.05, 3.63) is 70.8 Å². The molecule has 3 heterocycles. The van der Waals surface area contributed by atoms with Crippen molar-refractivity contribution in [3.8, 4) is 0 Å². The van der Waals surface area contributed by atoms with Crippen LogP contribution >= 0.6 is 0 Å². The first-order valence-electron chi connectivity index (χ1n) is 11.3. The van der Waals surface area contributed by atoms with Gasteiger partial charge >= 0.3 is 6.09 Å². The Morgan fingerprint density at radius 1 is 0.906 bits per heavy atom. The van der Waals surface area contributed by atoms with Crippen molar-refractivity contribution in [2.45, 2.75) is 25.3 Å². The van der Waals surface area contributed by atoms with Crippen LogP contribution in [-0.2, 0) is 16.0 Å². The zero-order valence-electron chi connectivity index (χ0n) is 18.2. The number of carbonyl (C=O) groups excluding carboxylic acids is 3. The molecule has 3 aliphatic heterocycles. The second kappa shape index (κ2) is 8.30. The van der Waals surface area contributed by atoms with Crippen LogP contribution in [0, 0.1) is 0 Å². The first-order valence-corrected chi connectivity index (χ1v) is 11.3. The monoisotopic (exact) mass is 433 g/mol. The molecular weight excluding hydrogens is 406 g/mol. The number of hydrogen-bond acceptors (Lipinski definition) is 4. The lowest BCUT2D eigenvalue weighted by molar-refractivity contribution is -0.136. The van der Waals surface area contributed by atoms with E-state index in [0.717, 1.165) is 17.5 Å². The van der Waals surface area contributed by atoms with Crippen LogP contribution in [0.25, 0.3) is 0 Å². The Kier molecular flexibility index (Phi) is 5.33. The summed E-state index contributed by atoms with van der Waals surface area (Å²) in [6, 6.07) is 15.3. The van der Waals surface area contributed by atoms with E-state index in [0.29, 0.717) is 44.9 Å². The highest BCUT2D eigenvalue weighted by Gasteiger charge is 2.47. The van der Waals surface area contributed by atoms with E-state index in [9.17, 15) is 14.4 Å². The predicted octanol–water partition coefficient (Wildman–Crippen LogP) is 2.82. The quantitative estimate of drug-likeness (QED) is 0.730. The number of fused-ring (bicyclic) bond motifs is 4. The summed E-state index contributed by atoms with van der Waals surface area (Å²) in [4.78, 5) is 44.7. The lowest BCUT2D eigenvalue weighted by atomic mass is 9.75. The second-order valence-corrected chi connectivity index (χ2v) is 8.47. The van der Waals surface area contributed by atoms with Gasteiger partial charge in [-0.3, -0.25) is 9.59 Å². The Balaban J connectivity index is 1.49. The van der Waals surface area contributed by atoms with Gasteiger partial charge < -0.3 is 19.4 Å². The minimum absolute atomic E-state index is 0.00344. The van der Waals surface area contributed by atoms with Crippen molar-refractivity contribution >= 4 is 17.9 Å². The van der Waals surface area contributed by atoms with Gasteiger partial charge in [0.15, 0.2) is 0 Å². The molecule has 166 valence electrons. The molecule has 0 bridgehead atoms. The fraction of sp³-hybridized carbons (Fsp3) is 0.400. The normalized spacial score (nSPS) is 22.0. The van der Waals surface area contributed by atoms with Crippen LogP contribution < -0.4 is 0 Å². The van der Waals surface area contributed by atoms with Gasteiger partial charge in [-0.2, -0.15) is 0 Å². The third-order valence-electron chi connectivity index (χ3n) is 6.82. The molecule has 3 aliphatic rings. The van der Waals surface area contributed by atoms with E-state index >= 15 is 0 Å². The highest BCUT2D eigenvalue weighted by molar-refractivity contribution is 6.01. The summed E-state index contributed by atoms with van der Waals surface area (Å²) in [5.41, 5.74) is 3.68. The van der Waals surface area contributed by atoms with Crippen molar-refractivity contribution < 1.29 is 19.1 Å². The zero-order chi connectivity index (χ0) is 22.2. The van der Waals surface area contributed by atoms with Gasteiger partial charge in [-0.1, -0.05) is 42.5 Å². The Morgan fingerprint density at radius 3 is 2.31 bits per heavy atom. The van der Waals surface area contributed by atoms with Crippen molar-refractivity contribution in [3.63, 3.8) is 0 Å². The minimum Gasteiger partial charge on any atom is -0.450 e. The molecule has 5 rings (SSSR count). The summed E-state index contributed by atoms with van der Waals surface area (Å²) >= 11 is 0. The average Bonchev–Trinajstić information content (AvgIpc) is 2.84. The van der Waals surface area contributed by atoms with E-state index < -0.39 is 5.92 Å². The SMILES string of the molecule is CCOC(=O)N1CCN(C(=O)[C@@H]2c3ccccc3C(=O)N3CCc4ccccc4[C@H]23)CC1. The molecule has 3 amide bonds. The third-order valence-corrected chi connectivity index (χ3v) is 6.82. The van der Waals surface area contributed by atoms with Gasteiger partial charge in [0.2, 0.25) is 5.91 Å². The predicted molar refractivity (Wildman–Crippen MR) is 118 cm³/mol. The van der Waals surface area contributed by atoms with Crippen LogP contribution in [0.5, 0.6) is 0 Å². The Morgan fingerprint density at radius 2 is 1.56 bits per heavy atom. The summed E-state index contributed by atoms with van der Waals surface area (Å²) in [7, 11) is 0. The van der Waals surface area contributed by atoms with Gasteiger partial charge in [0.1, 0.15) is 0 Å². The average molecular weight is 434 g/mol. The number of piperazine rings is 1. The van der Waals surface area contributed by atoms with Gasteiger partial charge in [-0.25, -0.2) is 4.79 Å². The number of benzene rings is 2. The molecule has 0 aliphatic carbocycles. The molecule has 7 nitrogen and oxygen atoms in total. The molecule has 0 radical (unpaired) electrons. The maximum atomic E-state index is 13.9. The van der Waals surface area contributed by atoms with Gasteiger partial charge in [0.25, 0.3) is 5.91 Å². The first kappa shape index (κ1) is 20.5. The van der Waals surface area contributed by atoms with Gasteiger partial charge in [0, 0.05) is 38.3 Å². The molecule has 2 aromatic carbocycles. The summed E-state index contributed by atoms with van der Waals surface area (Å²) < 4.78 is 5.10. The van der Waals surface area contributed by atoms with Crippen LogP contribution in [0.2, 0.25) is 0 Å². The van der Waals surface area contributed by atoms with E-state index in [1.54, 1.807) is 11.8 Å². The number of hydrogen-bond donors (Lipinski definition) is 0. The van der Waals surface area contributed by atoms with E-state index in [2.05, 4.69) is 6.07 Å². The van der Waals surface area contributed by atoms with Crippen molar-refractivity contribution in [2.75, 3.05) is 39.3 Å². The second-order valence-electron chi connectivity index (χ2n) is 8.47. The third kappa shape index (κ3) is 3.32. The van der Waals surface area contributed by atoms with Crippen LogP contribution in [0.3, 0.4) is 0 Å². The molecule has 32 heavy (non-hydrogen) atoms. The summed E-state index contributed by atoms with van der Waals surface area (Å²) in [5, 5.41) is 0. The van der Waals surface area contributed by atoms with Crippen LogP contribution in [-0.4, -0.2) is 71.9 Å². The Hall–Kier alpha value is -3.35. The molecular formula is C25H27N3O4. The highest BCUT2D eigenvalue weighted by Crippen LogP contribution is 2.46. The van der Waals surface area contributed by atoms with Crippen LogP contribution in [0.1, 0.15) is 45.9 Å². The molecule has 0 N–H and O–H groups in total. The molecule has 2 aromatic rings. The smallest absolute Gasteiger partial charge is 0.409 e. The maximum absolute atomic E-state index is 13.9. The van der Waals surface area contributed by atoms with Crippen molar-refractivity contribution in [1.82, 2.24) is 14.7 Å². The summed E-state index contributed by atoms with van der Waals surface area (Å²) in [6.45, 7) is 4.53. The van der Waals surface area contributed by atoms with E-state index in [1.165, 1.54) is 5.56 Å². The topological polar surface area (TPSA) is 70.2 Å². The van der Waals surface area contributed by atoms with E-state index in [4.69, 9.17) is 4.74 Å². The summed E-state index contributed by atoms with van der Waals surface area (Å²) in [6.07, 6.45) is 0.459. The van der Waals surface area contributed by atoms with Crippen LogP contribution in [0.15, 0.2) is 48.5 Å². The number of ether oxygens (including phenoxy) is 1. The number of carbonyl (C=O) groups is 3. The van der Waals surface area contributed by atoms with Gasteiger partial charge in [-0.05, 0) is 36.1 Å². The first-order chi connectivity index (χ1) is 15.6. The number of amides is 3. The molecule has 0 spiro atoms. The Labute approximate surface area is 187 Å². The number of nitrogens with zero attached hydrogens (tertiary/aromatic N) is 3. The molecule has 1 fully saturated rings. The fourth-order valence-electron chi connectivity index (χ4n) is 5.26. The minimum atomic E-state index is -0.459. The van der Waals surface area contributed by atoms with Crippen molar-refractivity contribution in [2.24, 2.45) is 0 Å². The molecule has 0 saturated carbocycles. The molecule has 0 aromatic heterocycles. The standard InChI is InChI=1S/C25H27N3O4/c1-2-32-25(31)27-15-13-26(14-16-27)24(30)21-19-9-5-6-10-20(19)23(29)28-12-11-17-7-3-4-8-18(17)22(21)28/h3-10,21-22H,2,11-16H2,1H3/t21-,22-/m1/s1. The molecule has 1 saturated heterocycles. The highest BCUT2D eigenvalue weighted by atomic mass is 16.6. The van der Waals surface area contributed by atoms with Gasteiger partial charge in [-0.15, -0.1) is 0 Å². The molecule has 7 heteroatoms. The lowest BCUT2D eigenvalue weighted by Gasteiger charge is -2.47. The lowest BCUT2D eigenvalue weighted by Crippen LogP contribution is -2.55. The summed E-state index contributed by atoms with van der Waals surface area (Å²) in [5.74, 6) is -0.448. The Bertz CT molecular complexity index is 1060. The van der Waals surface area contributed by atoms with Crippen LogP contribution in [0.4, 0.5) is 4.79 Å². The van der Waals surface area contributed by atoms with Crippen molar-refractivity contribution in [1.29, 1.82) is 0 Å². The molecule has 2 atom stereocenters.